The maximum atomic E-state index is 11.8. The summed E-state index contributed by atoms with van der Waals surface area (Å²) in [7, 11) is 0. The third kappa shape index (κ3) is 3.31. The van der Waals surface area contributed by atoms with Gasteiger partial charge in [0.25, 0.3) is 0 Å². The van der Waals surface area contributed by atoms with E-state index in [-0.39, 0.29) is 0 Å². The summed E-state index contributed by atoms with van der Waals surface area (Å²) in [6.07, 6.45) is 0. The van der Waals surface area contributed by atoms with Gasteiger partial charge in [0.05, 0.1) is 13.2 Å². The van der Waals surface area contributed by atoms with Crippen LogP contribution < -0.4 is 9.80 Å². The molecule has 3 aromatic rings. The maximum Gasteiger partial charge on any atom is 0.183 e. The van der Waals surface area contributed by atoms with E-state index in [0.717, 1.165) is 16.9 Å². The summed E-state index contributed by atoms with van der Waals surface area (Å²) in [5.74, 6) is 0.475. The Hall–Kier alpha value is -2.78. The Kier molecular flexibility index (Phi) is 4.63. The maximum absolute atomic E-state index is 11.8. The number of hydrogen-bond acceptors (Lipinski definition) is 3. The number of β-amino-alcohol motifs (C(OH)–C–C–N with tert-alkyl or cyclic N) is 1. The summed E-state index contributed by atoms with van der Waals surface area (Å²) in [6.45, 7) is 5.53. The third-order valence-corrected chi connectivity index (χ3v) is 5.40. The van der Waals surface area contributed by atoms with Gasteiger partial charge in [0.15, 0.2) is 5.72 Å². The second-order valence-electron chi connectivity index (χ2n) is 7.53. The number of anilines is 2. The van der Waals surface area contributed by atoms with Crippen molar-refractivity contribution < 1.29 is 5.11 Å². The SMILES string of the molecule is CC(C)c1ccc(C2(O)CN(c3ccccc3)CN2c2ccccc2)cc1. The van der Waals surface area contributed by atoms with Crippen LogP contribution >= 0.6 is 0 Å². The van der Waals surface area contributed by atoms with Crippen LogP contribution in [-0.2, 0) is 5.72 Å². The zero-order valence-electron chi connectivity index (χ0n) is 15.9. The molecule has 138 valence electrons. The van der Waals surface area contributed by atoms with E-state index in [1.54, 1.807) is 0 Å². The molecule has 0 aliphatic carbocycles. The molecule has 0 aromatic heterocycles. The van der Waals surface area contributed by atoms with E-state index in [4.69, 9.17) is 0 Å². The predicted octanol–water partition coefficient (Wildman–Crippen LogP) is 4.94. The van der Waals surface area contributed by atoms with Crippen molar-refractivity contribution in [3.63, 3.8) is 0 Å². The molecule has 3 aromatic carbocycles. The Morgan fingerprint density at radius 3 is 1.89 bits per heavy atom. The Balaban J connectivity index is 1.74. The summed E-state index contributed by atoms with van der Waals surface area (Å²) in [5, 5.41) is 11.8. The van der Waals surface area contributed by atoms with Crippen LogP contribution in [0.4, 0.5) is 11.4 Å². The second kappa shape index (κ2) is 7.09. The Morgan fingerprint density at radius 1 is 0.778 bits per heavy atom. The molecule has 3 nitrogen and oxygen atoms in total. The molecule has 1 heterocycles. The molecule has 0 bridgehead atoms. The lowest BCUT2D eigenvalue weighted by Crippen LogP contribution is -2.43. The fourth-order valence-electron chi connectivity index (χ4n) is 3.79. The molecule has 1 unspecified atom stereocenters. The summed E-state index contributed by atoms with van der Waals surface area (Å²) >= 11 is 0. The van der Waals surface area contributed by atoms with Gasteiger partial charge in [0, 0.05) is 16.9 Å². The van der Waals surface area contributed by atoms with Crippen LogP contribution in [0.2, 0.25) is 0 Å². The molecule has 1 atom stereocenters. The van der Waals surface area contributed by atoms with Crippen LogP contribution in [0.25, 0.3) is 0 Å². The van der Waals surface area contributed by atoms with Crippen molar-refractivity contribution in [1.82, 2.24) is 0 Å². The first kappa shape index (κ1) is 17.6. The molecule has 1 saturated heterocycles. The number of benzene rings is 3. The van der Waals surface area contributed by atoms with Gasteiger partial charge < -0.3 is 14.9 Å². The molecule has 4 rings (SSSR count). The minimum atomic E-state index is -1.08. The fourth-order valence-corrected chi connectivity index (χ4v) is 3.79. The Labute approximate surface area is 161 Å². The largest absolute Gasteiger partial charge is 0.365 e. The van der Waals surface area contributed by atoms with Crippen LogP contribution in [0, 0.1) is 0 Å². The van der Waals surface area contributed by atoms with E-state index in [0.29, 0.717) is 19.1 Å². The molecule has 1 aliphatic rings. The van der Waals surface area contributed by atoms with Crippen molar-refractivity contribution >= 4 is 11.4 Å². The molecule has 27 heavy (non-hydrogen) atoms. The molecule has 0 spiro atoms. The highest BCUT2D eigenvalue weighted by Gasteiger charge is 2.45. The van der Waals surface area contributed by atoms with Crippen molar-refractivity contribution in [3.8, 4) is 0 Å². The van der Waals surface area contributed by atoms with Gasteiger partial charge >= 0.3 is 0 Å². The van der Waals surface area contributed by atoms with Crippen LogP contribution in [0.1, 0.15) is 30.9 Å². The number of aliphatic hydroxyl groups is 1. The van der Waals surface area contributed by atoms with Gasteiger partial charge in [-0.05, 0) is 35.7 Å². The Bertz CT molecular complexity index is 877. The van der Waals surface area contributed by atoms with Crippen molar-refractivity contribution in [2.45, 2.75) is 25.5 Å². The highest BCUT2D eigenvalue weighted by molar-refractivity contribution is 5.58. The second-order valence-corrected chi connectivity index (χ2v) is 7.53. The van der Waals surface area contributed by atoms with E-state index in [2.05, 4.69) is 72.2 Å². The van der Waals surface area contributed by atoms with E-state index < -0.39 is 5.72 Å². The van der Waals surface area contributed by atoms with Gasteiger partial charge in [-0.3, -0.25) is 0 Å². The van der Waals surface area contributed by atoms with Gasteiger partial charge in [-0.2, -0.15) is 0 Å². The van der Waals surface area contributed by atoms with Crippen molar-refractivity contribution in [2.75, 3.05) is 23.0 Å². The first-order valence-corrected chi connectivity index (χ1v) is 9.53. The van der Waals surface area contributed by atoms with Crippen LogP contribution in [0.3, 0.4) is 0 Å². The topological polar surface area (TPSA) is 26.7 Å². The first-order valence-electron chi connectivity index (χ1n) is 9.53. The smallest absolute Gasteiger partial charge is 0.183 e. The lowest BCUT2D eigenvalue weighted by molar-refractivity contribution is 0.0629. The average molecular weight is 358 g/mol. The van der Waals surface area contributed by atoms with Gasteiger partial charge in [0.1, 0.15) is 0 Å². The van der Waals surface area contributed by atoms with Crippen LogP contribution in [0.5, 0.6) is 0 Å². The molecule has 1 N–H and O–H groups in total. The van der Waals surface area contributed by atoms with Gasteiger partial charge in [-0.1, -0.05) is 74.5 Å². The van der Waals surface area contributed by atoms with Gasteiger partial charge in [-0.25, -0.2) is 0 Å². The summed E-state index contributed by atoms with van der Waals surface area (Å²) in [6, 6.07) is 28.8. The van der Waals surface area contributed by atoms with E-state index in [1.165, 1.54) is 5.56 Å². The first-order chi connectivity index (χ1) is 13.1. The minimum Gasteiger partial charge on any atom is -0.365 e. The van der Waals surface area contributed by atoms with E-state index >= 15 is 0 Å². The monoisotopic (exact) mass is 358 g/mol. The van der Waals surface area contributed by atoms with Crippen molar-refractivity contribution in [2.24, 2.45) is 0 Å². The van der Waals surface area contributed by atoms with Gasteiger partial charge in [0.2, 0.25) is 0 Å². The molecule has 0 amide bonds. The molecule has 0 radical (unpaired) electrons. The minimum absolute atomic E-state index is 0.475. The standard InChI is InChI=1S/C24H26N2O/c1-19(2)20-13-15-21(16-14-20)24(27)17-25(22-9-5-3-6-10-22)18-26(24)23-11-7-4-8-12-23/h3-16,19,27H,17-18H2,1-2H3. The molecular weight excluding hydrogens is 332 g/mol. The average Bonchev–Trinajstić information content (AvgIpc) is 3.08. The fraction of sp³-hybridized carbons (Fsp3) is 0.250. The lowest BCUT2D eigenvalue weighted by atomic mass is 9.96. The summed E-state index contributed by atoms with van der Waals surface area (Å²) < 4.78 is 0. The van der Waals surface area contributed by atoms with Gasteiger partial charge in [-0.15, -0.1) is 0 Å². The normalized spacial score (nSPS) is 19.7. The highest BCUT2D eigenvalue weighted by Crippen LogP contribution is 2.38. The number of para-hydroxylation sites is 2. The van der Waals surface area contributed by atoms with Crippen molar-refractivity contribution in [3.05, 3.63) is 96.1 Å². The number of nitrogens with zero attached hydrogens (tertiary/aromatic N) is 2. The van der Waals surface area contributed by atoms with E-state index in [9.17, 15) is 5.11 Å². The number of hydrogen-bond donors (Lipinski definition) is 1. The quantitative estimate of drug-likeness (QED) is 0.716. The molecule has 0 saturated carbocycles. The third-order valence-electron chi connectivity index (χ3n) is 5.40. The number of rotatable bonds is 4. The predicted molar refractivity (Wildman–Crippen MR) is 112 cm³/mol. The van der Waals surface area contributed by atoms with E-state index in [1.807, 2.05) is 36.4 Å². The molecule has 1 aliphatic heterocycles. The Morgan fingerprint density at radius 2 is 1.33 bits per heavy atom. The summed E-state index contributed by atoms with van der Waals surface area (Å²) in [5.41, 5.74) is 3.27. The molecule has 1 fully saturated rings. The van der Waals surface area contributed by atoms with Crippen LogP contribution in [0.15, 0.2) is 84.9 Å². The van der Waals surface area contributed by atoms with Crippen molar-refractivity contribution in [1.29, 1.82) is 0 Å². The highest BCUT2D eigenvalue weighted by atomic mass is 16.3. The molecular formula is C24H26N2O. The molecule has 3 heteroatoms. The lowest BCUT2D eigenvalue weighted by Gasteiger charge is -2.34. The zero-order chi connectivity index (χ0) is 18.9. The zero-order valence-corrected chi connectivity index (χ0v) is 15.9. The van der Waals surface area contributed by atoms with Crippen LogP contribution in [-0.4, -0.2) is 18.3 Å². The summed E-state index contributed by atoms with van der Waals surface area (Å²) in [4.78, 5) is 4.31.